The molecule has 1 aliphatic carbocycles. The number of nitrogens with one attached hydrogen (secondary N) is 1. The van der Waals surface area contributed by atoms with E-state index in [4.69, 9.17) is 5.26 Å². The molecule has 3 rings (SSSR count). The first kappa shape index (κ1) is 10.7. The molecule has 0 saturated carbocycles. The molecule has 5 heteroatoms. The van der Waals surface area contributed by atoms with Crippen LogP contribution in [0.5, 0.6) is 0 Å². The van der Waals surface area contributed by atoms with E-state index in [1.807, 2.05) is 6.07 Å². The van der Waals surface area contributed by atoms with Gasteiger partial charge >= 0.3 is 0 Å². The maximum atomic E-state index is 9.17. The van der Waals surface area contributed by atoms with Crippen LogP contribution in [0.3, 0.4) is 0 Å². The summed E-state index contributed by atoms with van der Waals surface area (Å²) in [4.78, 5) is 12.4. The largest absolute Gasteiger partial charge is 0.337 e. The van der Waals surface area contributed by atoms with Gasteiger partial charge in [-0.25, -0.2) is 15.0 Å². The van der Waals surface area contributed by atoms with Gasteiger partial charge in [-0.2, -0.15) is 5.26 Å². The Balaban J connectivity index is 1.99. The van der Waals surface area contributed by atoms with E-state index >= 15 is 0 Å². The monoisotopic (exact) mass is 237 g/mol. The first-order chi connectivity index (χ1) is 8.86. The second-order valence-electron chi connectivity index (χ2n) is 4.21. The summed E-state index contributed by atoms with van der Waals surface area (Å²) in [5, 5.41) is 12.3. The fourth-order valence-corrected chi connectivity index (χ4v) is 2.15. The molecule has 18 heavy (non-hydrogen) atoms. The molecule has 0 aromatic carbocycles. The SMILES string of the molecule is N#Cc1cc2c(nc1Nc1cncnc1)CCC2. The van der Waals surface area contributed by atoms with Crippen LogP contribution in [0, 0.1) is 11.3 Å². The van der Waals surface area contributed by atoms with Gasteiger partial charge < -0.3 is 5.32 Å². The molecule has 0 amide bonds. The van der Waals surface area contributed by atoms with Crippen LogP contribution < -0.4 is 5.32 Å². The molecule has 0 unspecified atom stereocenters. The number of nitriles is 1. The normalized spacial score (nSPS) is 12.8. The van der Waals surface area contributed by atoms with Gasteiger partial charge in [-0.1, -0.05) is 0 Å². The Hall–Kier alpha value is -2.48. The molecule has 0 bridgehead atoms. The number of fused-ring (bicyclic) bond motifs is 1. The number of anilines is 2. The number of pyridine rings is 1. The van der Waals surface area contributed by atoms with Gasteiger partial charge in [-0.15, -0.1) is 0 Å². The van der Waals surface area contributed by atoms with E-state index in [-0.39, 0.29) is 0 Å². The Morgan fingerprint density at radius 1 is 1.22 bits per heavy atom. The van der Waals surface area contributed by atoms with Gasteiger partial charge in [-0.05, 0) is 30.9 Å². The van der Waals surface area contributed by atoms with Gasteiger partial charge in [0.1, 0.15) is 18.2 Å². The first-order valence-electron chi connectivity index (χ1n) is 5.82. The summed E-state index contributed by atoms with van der Waals surface area (Å²) in [6, 6.07) is 4.11. The predicted octanol–water partition coefficient (Wildman–Crippen LogP) is 1.98. The molecule has 0 spiro atoms. The summed E-state index contributed by atoms with van der Waals surface area (Å²) in [5.74, 6) is 0.591. The number of hydrogen-bond acceptors (Lipinski definition) is 5. The van der Waals surface area contributed by atoms with Crippen LogP contribution in [-0.4, -0.2) is 15.0 Å². The van der Waals surface area contributed by atoms with Crippen LogP contribution in [0.15, 0.2) is 24.8 Å². The van der Waals surface area contributed by atoms with Crippen molar-refractivity contribution in [2.75, 3.05) is 5.32 Å². The second-order valence-corrected chi connectivity index (χ2v) is 4.21. The van der Waals surface area contributed by atoms with Crippen molar-refractivity contribution in [2.24, 2.45) is 0 Å². The summed E-state index contributed by atoms with van der Waals surface area (Å²) in [6.45, 7) is 0. The van der Waals surface area contributed by atoms with Crippen molar-refractivity contribution in [2.45, 2.75) is 19.3 Å². The van der Waals surface area contributed by atoms with Crippen LogP contribution in [0.1, 0.15) is 23.2 Å². The smallest absolute Gasteiger partial charge is 0.148 e. The lowest BCUT2D eigenvalue weighted by molar-refractivity contribution is 0.900. The highest BCUT2D eigenvalue weighted by molar-refractivity contribution is 5.62. The highest BCUT2D eigenvalue weighted by atomic mass is 15.0. The van der Waals surface area contributed by atoms with Gasteiger partial charge in [0.25, 0.3) is 0 Å². The minimum Gasteiger partial charge on any atom is -0.337 e. The number of hydrogen-bond donors (Lipinski definition) is 1. The first-order valence-corrected chi connectivity index (χ1v) is 5.82. The minimum atomic E-state index is 0.569. The summed E-state index contributed by atoms with van der Waals surface area (Å²) in [7, 11) is 0. The zero-order valence-electron chi connectivity index (χ0n) is 9.72. The van der Waals surface area contributed by atoms with Crippen LogP contribution in [-0.2, 0) is 12.8 Å². The summed E-state index contributed by atoms with van der Waals surface area (Å²) < 4.78 is 0. The number of aryl methyl sites for hydroxylation is 2. The van der Waals surface area contributed by atoms with E-state index in [2.05, 4.69) is 26.3 Å². The van der Waals surface area contributed by atoms with E-state index in [1.54, 1.807) is 12.4 Å². The number of aromatic nitrogens is 3. The molecular formula is C13H11N5. The number of nitrogens with zero attached hydrogens (tertiary/aromatic N) is 4. The van der Waals surface area contributed by atoms with Crippen molar-refractivity contribution in [1.82, 2.24) is 15.0 Å². The van der Waals surface area contributed by atoms with E-state index in [9.17, 15) is 0 Å². The fourth-order valence-electron chi connectivity index (χ4n) is 2.15. The minimum absolute atomic E-state index is 0.569. The average molecular weight is 237 g/mol. The van der Waals surface area contributed by atoms with Crippen molar-refractivity contribution < 1.29 is 0 Å². The third-order valence-corrected chi connectivity index (χ3v) is 2.99. The third kappa shape index (κ3) is 1.89. The van der Waals surface area contributed by atoms with Crippen molar-refractivity contribution in [3.63, 3.8) is 0 Å². The van der Waals surface area contributed by atoms with Gasteiger partial charge in [0.05, 0.1) is 23.6 Å². The molecule has 1 aliphatic rings. The standard InChI is InChI=1S/C13H11N5/c14-5-10-4-9-2-1-3-12(9)18-13(10)17-11-6-15-8-16-7-11/h4,6-8H,1-3H2,(H,17,18). The van der Waals surface area contributed by atoms with E-state index < -0.39 is 0 Å². The molecule has 2 aromatic rings. The molecule has 2 aromatic heterocycles. The third-order valence-electron chi connectivity index (χ3n) is 2.99. The molecule has 0 saturated heterocycles. The Morgan fingerprint density at radius 2 is 2.06 bits per heavy atom. The van der Waals surface area contributed by atoms with E-state index in [0.717, 1.165) is 30.6 Å². The Bertz CT molecular complexity index is 615. The van der Waals surface area contributed by atoms with Crippen LogP contribution >= 0.6 is 0 Å². The molecule has 2 heterocycles. The van der Waals surface area contributed by atoms with E-state index in [1.165, 1.54) is 11.9 Å². The van der Waals surface area contributed by atoms with Crippen LogP contribution in [0.25, 0.3) is 0 Å². The van der Waals surface area contributed by atoms with E-state index in [0.29, 0.717) is 11.4 Å². The van der Waals surface area contributed by atoms with Crippen molar-refractivity contribution in [1.29, 1.82) is 5.26 Å². The quantitative estimate of drug-likeness (QED) is 0.864. The van der Waals surface area contributed by atoms with Crippen LogP contribution in [0.4, 0.5) is 11.5 Å². The Morgan fingerprint density at radius 3 is 2.83 bits per heavy atom. The molecular weight excluding hydrogens is 226 g/mol. The lowest BCUT2D eigenvalue weighted by atomic mass is 10.1. The summed E-state index contributed by atoms with van der Waals surface area (Å²) in [5.41, 5.74) is 3.59. The Kier molecular flexibility index (Phi) is 2.61. The zero-order valence-corrected chi connectivity index (χ0v) is 9.72. The lowest BCUT2D eigenvalue weighted by Crippen LogP contribution is -2.01. The highest BCUT2D eigenvalue weighted by Crippen LogP contribution is 2.26. The van der Waals surface area contributed by atoms with Crippen molar-refractivity contribution in [3.05, 3.63) is 41.6 Å². The molecule has 0 radical (unpaired) electrons. The topological polar surface area (TPSA) is 74.5 Å². The molecule has 0 aliphatic heterocycles. The fraction of sp³-hybridized carbons (Fsp3) is 0.231. The average Bonchev–Trinajstić information content (AvgIpc) is 2.86. The highest BCUT2D eigenvalue weighted by Gasteiger charge is 2.16. The summed E-state index contributed by atoms with van der Waals surface area (Å²) in [6.07, 6.45) is 7.90. The lowest BCUT2D eigenvalue weighted by Gasteiger charge is -2.08. The zero-order chi connectivity index (χ0) is 12.4. The summed E-state index contributed by atoms with van der Waals surface area (Å²) >= 11 is 0. The second kappa shape index (κ2) is 4.41. The van der Waals surface area contributed by atoms with Crippen molar-refractivity contribution >= 4 is 11.5 Å². The van der Waals surface area contributed by atoms with Gasteiger partial charge in [0, 0.05) is 5.69 Å². The maximum Gasteiger partial charge on any atom is 0.148 e. The molecule has 1 N–H and O–H groups in total. The van der Waals surface area contributed by atoms with Gasteiger partial charge in [0.15, 0.2) is 0 Å². The number of rotatable bonds is 2. The van der Waals surface area contributed by atoms with Crippen LogP contribution in [0.2, 0.25) is 0 Å². The van der Waals surface area contributed by atoms with Crippen molar-refractivity contribution in [3.8, 4) is 6.07 Å². The molecule has 5 nitrogen and oxygen atoms in total. The maximum absolute atomic E-state index is 9.17. The van der Waals surface area contributed by atoms with Gasteiger partial charge in [0.2, 0.25) is 0 Å². The van der Waals surface area contributed by atoms with Gasteiger partial charge in [-0.3, -0.25) is 0 Å². The molecule has 0 atom stereocenters. The Labute approximate surface area is 105 Å². The molecule has 88 valence electrons. The predicted molar refractivity (Wildman–Crippen MR) is 66.3 cm³/mol. The molecule has 0 fully saturated rings.